The van der Waals surface area contributed by atoms with Crippen molar-refractivity contribution >= 4 is 34.8 Å². The predicted molar refractivity (Wildman–Crippen MR) is 119 cm³/mol. The molecular weight excluding hydrogens is 382 g/mol. The third-order valence-corrected chi connectivity index (χ3v) is 4.43. The van der Waals surface area contributed by atoms with Gasteiger partial charge < -0.3 is 10.6 Å². The number of benzene rings is 3. The highest BCUT2D eigenvalue weighted by Crippen LogP contribution is 2.15. The lowest BCUT2D eigenvalue weighted by Gasteiger charge is -2.13. The molecule has 6 heteroatoms. The minimum Gasteiger partial charge on any atom is -0.352 e. The summed E-state index contributed by atoms with van der Waals surface area (Å²) in [6.45, 7) is 0.520. The molecule has 0 aromatic heterocycles. The second kappa shape index (κ2) is 10.1. The average Bonchev–Trinajstić information content (AvgIpc) is 2.75. The summed E-state index contributed by atoms with van der Waals surface area (Å²) in [6, 6.07) is 25.8. The molecule has 29 heavy (non-hydrogen) atoms. The molecule has 0 heterocycles. The molecule has 0 radical (unpaired) electrons. The number of para-hydroxylation sites is 1. The highest BCUT2D eigenvalue weighted by atomic mass is 32.1. The lowest BCUT2D eigenvalue weighted by Crippen LogP contribution is -2.35. The molecule has 0 fully saturated rings. The van der Waals surface area contributed by atoms with Crippen molar-refractivity contribution in [3.8, 4) is 0 Å². The number of hydrogen-bond donors (Lipinski definition) is 3. The van der Waals surface area contributed by atoms with Gasteiger partial charge >= 0.3 is 0 Å². The standard InChI is InChI=1S/C23H21N3O2S/c27-21(18-11-5-2-6-12-18)26-23(29)25-20-14-8-7-13-19(20)22(28)24-16-15-17-9-3-1-4-10-17/h1-14H,15-16H2,(H,24,28)(H2,25,26,27,29). The van der Waals surface area contributed by atoms with Gasteiger partial charge in [0, 0.05) is 12.1 Å². The second-order valence-corrected chi connectivity index (χ2v) is 6.72. The van der Waals surface area contributed by atoms with E-state index >= 15 is 0 Å². The van der Waals surface area contributed by atoms with Crippen LogP contribution in [0.1, 0.15) is 26.3 Å². The van der Waals surface area contributed by atoms with Crippen LogP contribution in [0.25, 0.3) is 0 Å². The van der Waals surface area contributed by atoms with Crippen LogP contribution in [0.4, 0.5) is 5.69 Å². The Labute approximate surface area is 175 Å². The third-order valence-electron chi connectivity index (χ3n) is 4.22. The number of carbonyl (C=O) groups is 2. The molecule has 0 aliphatic carbocycles. The summed E-state index contributed by atoms with van der Waals surface area (Å²) in [7, 11) is 0. The minimum atomic E-state index is -0.312. The second-order valence-electron chi connectivity index (χ2n) is 6.31. The van der Waals surface area contributed by atoms with Crippen molar-refractivity contribution in [1.82, 2.24) is 10.6 Å². The van der Waals surface area contributed by atoms with Crippen LogP contribution in [0.15, 0.2) is 84.9 Å². The van der Waals surface area contributed by atoms with Gasteiger partial charge in [0.2, 0.25) is 0 Å². The van der Waals surface area contributed by atoms with Crippen LogP contribution in [-0.4, -0.2) is 23.5 Å². The third kappa shape index (κ3) is 5.99. The summed E-state index contributed by atoms with van der Waals surface area (Å²) < 4.78 is 0. The number of anilines is 1. The first-order chi connectivity index (χ1) is 14.1. The zero-order valence-electron chi connectivity index (χ0n) is 15.7. The monoisotopic (exact) mass is 403 g/mol. The van der Waals surface area contributed by atoms with Gasteiger partial charge in [0.15, 0.2) is 5.11 Å². The topological polar surface area (TPSA) is 70.2 Å². The smallest absolute Gasteiger partial charge is 0.257 e. The van der Waals surface area contributed by atoms with Crippen molar-refractivity contribution in [2.75, 3.05) is 11.9 Å². The fourth-order valence-electron chi connectivity index (χ4n) is 2.77. The summed E-state index contributed by atoms with van der Waals surface area (Å²) in [5.41, 5.74) is 2.65. The van der Waals surface area contributed by atoms with E-state index in [0.29, 0.717) is 23.4 Å². The van der Waals surface area contributed by atoms with Gasteiger partial charge in [0.1, 0.15) is 0 Å². The lowest BCUT2D eigenvalue weighted by atomic mass is 10.1. The Morgan fingerprint density at radius 2 is 1.38 bits per heavy atom. The Morgan fingerprint density at radius 3 is 2.10 bits per heavy atom. The zero-order valence-corrected chi connectivity index (χ0v) is 16.5. The number of nitrogens with one attached hydrogen (secondary N) is 3. The lowest BCUT2D eigenvalue weighted by molar-refractivity contribution is 0.0953. The molecule has 5 nitrogen and oxygen atoms in total. The molecule has 0 saturated heterocycles. The normalized spacial score (nSPS) is 10.1. The minimum absolute atomic E-state index is 0.128. The van der Waals surface area contributed by atoms with Gasteiger partial charge in [-0.25, -0.2) is 0 Å². The van der Waals surface area contributed by atoms with E-state index in [9.17, 15) is 9.59 Å². The molecule has 3 N–H and O–H groups in total. The first kappa shape index (κ1) is 20.2. The largest absolute Gasteiger partial charge is 0.352 e. The summed E-state index contributed by atoms with van der Waals surface area (Å²) in [6.07, 6.45) is 0.744. The molecular formula is C23H21N3O2S. The Hall–Kier alpha value is -3.51. The Bertz CT molecular complexity index is 991. The fraction of sp³-hybridized carbons (Fsp3) is 0.0870. The van der Waals surface area contributed by atoms with Crippen molar-refractivity contribution in [2.45, 2.75) is 6.42 Å². The molecule has 146 valence electrons. The summed E-state index contributed by atoms with van der Waals surface area (Å²) in [5.74, 6) is -0.519. The number of carbonyl (C=O) groups excluding carboxylic acids is 2. The van der Waals surface area contributed by atoms with E-state index in [-0.39, 0.29) is 16.9 Å². The number of hydrogen-bond acceptors (Lipinski definition) is 3. The van der Waals surface area contributed by atoms with Crippen molar-refractivity contribution in [2.24, 2.45) is 0 Å². The Kier molecular flexibility index (Phi) is 7.08. The highest BCUT2D eigenvalue weighted by molar-refractivity contribution is 7.80. The van der Waals surface area contributed by atoms with E-state index in [4.69, 9.17) is 12.2 Å². The van der Waals surface area contributed by atoms with E-state index in [1.165, 1.54) is 0 Å². The van der Waals surface area contributed by atoms with Gasteiger partial charge in [-0.2, -0.15) is 0 Å². The van der Waals surface area contributed by atoms with Gasteiger partial charge in [-0.05, 0) is 48.5 Å². The first-order valence-electron chi connectivity index (χ1n) is 9.22. The van der Waals surface area contributed by atoms with Crippen molar-refractivity contribution in [1.29, 1.82) is 0 Å². The maximum absolute atomic E-state index is 12.6. The van der Waals surface area contributed by atoms with Crippen LogP contribution in [0.3, 0.4) is 0 Å². The van der Waals surface area contributed by atoms with Gasteiger partial charge in [0.25, 0.3) is 11.8 Å². The molecule has 0 saturated carbocycles. The predicted octanol–water partition coefficient (Wildman–Crippen LogP) is 3.79. The maximum atomic E-state index is 12.6. The summed E-state index contributed by atoms with van der Waals surface area (Å²) in [5, 5.41) is 8.61. The van der Waals surface area contributed by atoms with Crippen LogP contribution in [-0.2, 0) is 6.42 Å². The summed E-state index contributed by atoms with van der Waals surface area (Å²) in [4.78, 5) is 24.8. The van der Waals surface area contributed by atoms with Crippen LogP contribution in [0.2, 0.25) is 0 Å². The van der Waals surface area contributed by atoms with Crippen LogP contribution in [0, 0.1) is 0 Å². The average molecular weight is 404 g/mol. The van der Waals surface area contributed by atoms with Crippen molar-refractivity contribution in [3.63, 3.8) is 0 Å². The molecule has 0 aliphatic heterocycles. The molecule has 0 unspecified atom stereocenters. The molecule has 0 aliphatic rings. The van der Waals surface area contributed by atoms with E-state index in [1.807, 2.05) is 36.4 Å². The molecule has 0 atom stereocenters. The van der Waals surface area contributed by atoms with Gasteiger partial charge in [0.05, 0.1) is 11.3 Å². The molecule has 3 aromatic rings. The van der Waals surface area contributed by atoms with E-state index < -0.39 is 0 Å². The molecule has 0 spiro atoms. The number of amides is 2. The Balaban J connectivity index is 1.58. The summed E-state index contributed by atoms with van der Waals surface area (Å²) >= 11 is 5.24. The molecule has 3 rings (SSSR count). The number of rotatable bonds is 6. The van der Waals surface area contributed by atoms with Crippen LogP contribution in [0.5, 0.6) is 0 Å². The van der Waals surface area contributed by atoms with Gasteiger partial charge in [-0.1, -0.05) is 60.7 Å². The van der Waals surface area contributed by atoms with Crippen LogP contribution >= 0.6 is 12.2 Å². The molecule has 3 aromatic carbocycles. The zero-order chi connectivity index (χ0) is 20.5. The molecule has 0 bridgehead atoms. The van der Waals surface area contributed by atoms with E-state index in [0.717, 1.165) is 12.0 Å². The van der Waals surface area contributed by atoms with Crippen molar-refractivity contribution < 1.29 is 9.59 Å². The maximum Gasteiger partial charge on any atom is 0.257 e. The number of thiocarbonyl (C=S) groups is 1. The van der Waals surface area contributed by atoms with Crippen LogP contribution < -0.4 is 16.0 Å². The van der Waals surface area contributed by atoms with E-state index in [1.54, 1.807) is 48.5 Å². The van der Waals surface area contributed by atoms with Gasteiger partial charge in [-0.3, -0.25) is 14.9 Å². The fourth-order valence-corrected chi connectivity index (χ4v) is 2.97. The van der Waals surface area contributed by atoms with Gasteiger partial charge in [-0.15, -0.1) is 0 Å². The first-order valence-corrected chi connectivity index (χ1v) is 9.63. The SMILES string of the molecule is O=C(NC(=S)Nc1ccccc1C(=O)NCCc1ccccc1)c1ccccc1. The Morgan fingerprint density at radius 1 is 0.759 bits per heavy atom. The molecule has 2 amide bonds. The highest BCUT2D eigenvalue weighted by Gasteiger charge is 2.13. The van der Waals surface area contributed by atoms with Crippen molar-refractivity contribution in [3.05, 3.63) is 102 Å². The van der Waals surface area contributed by atoms with E-state index in [2.05, 4.69) is 16.0 Å². The quantitative estimate of drug-likeness (QED) is 0.548.